The average Bonchev–Trinajstić information content (AvgIpc) is 2.43. The number of nitrogens with two attached hydrogens (primary N) is 1. The van der Waals surface area contributed by atoms with Crippen molar-refractivity contribution in [2.45, 2.75) is 13.5 Å². The smallest absolute Gasteiger partial charge is 0.244 e. The minimum Gasteiger partial charge on any atom is -0.384 e. The van der Waals surface area contributed by atoms with Crippen molar-refractivity contribution in [1.29, 1.82) is 5.26 Å². The third kappa shape index (κ3) is 1.84. The number of aromatic nitrogens is 2. The van der Waals surface area contributed by atoms with Crippen LogP contribution in [0.25, 0.3) is 0 Å². The molecule has 0 radical (unpaired) electrons. The van der Waals surface area contributed by atoms with Crippen LogP contribution in [0.1, 0.15) is 5.69 Å². The SMILES string of the molecule is Cc1cc(N)n(CC(=O)N2CC(C#N)C2)n1. The molecule has 1 aromatic heterocycles. The van der Waals surface area contributed by atoms with Gasteiger partial charge in [-0.25, -0.2) is 4.68 Å². The lowest BCUT2D eigenvalue weighted by Gasteiger charge is -2.35. The van der Waals surface area contributed by atoms with Crippen LogP contribution < -0.4 is 5.73 Å². The van der Waals surface area contributed by atoms with Gasteiger partial charge in [-0.3, -0.25) is 4.79 Å². The second kappa shape index (κ2) is 3.85. The van der Waals surface area contributed by atoms with Crippen LogP contribution in [0.3, 0.4) is 0 Å². The Morgan fingerprint density at radius 1 is 1.75 bits per heavy atom. The summed E-state index contributed by atoms with van der Waals surface area (Å²) >= 11 is 0. The number of rotatable bonds is 2. The Bertz CT molecular complexity index is 452. The first-order chi connectivity index (χ1) is 7.60. The number of amides is 1. The molecular formula is C10H13N5O. The second-order valence-electron chi connectivity index (χ2n) is 3.99. The van der Waals surface area contributed by atoms with Crippen molar-refractivity contribution < 1.29 is 4.79 Å². The third-order valence-electron chi connectivity index (χ3n) is 2.64. The minimum absolute atomic E-state index is 0.0133. The van der Waals surface area contributed by atoms with E-state index in [0.717, 1.165) is 5.69 Å². The van der Waals surface area contributed by atoms with Gasteiger partial charge in [-0.1, -0.05) is 0 Å². The molecular weight excluding hydrogens is 206 g/mol. The van der Waals surface area contributed by atoms with Crippen molar-refractivity contribution in [3.8, 4) is 6.07 Å². The molecule has 6 heteroatoms. The molecule has 1 aliphatic rings. The summed E-state index contributed by atoms with van der Waals surface area (Å²) < 4.78 is 1.48. The van der Waals surface area contributed by atoms with Gasteiger partial charge in [0, 0.05) is 19.2 Å². The zero-order chi connectivity index (χ0) is 11.7. The summed E-state index contributed by atoms with van der Waals surface area (Å²) in [5, 5.41) is 12.7. The number of nitrogen functional groups attached to an aromatic ring is 1. The second-order valence-corrected chi connectivity index (χ2v) is 3.99. The molecule has 1 aliphatic heterocycles. The summed E-state index contributed by atoms with van der Waals surface area (Å²) in [6.45, 7) is 3.02. The number of likely N-dealkylation sites (tertiary alicyclic amines) is 1. The first-order valence-corrected chi connectivity index (χ1v) is 5.07. The van der Waals surface area contributed by atoms with Crippen LogP contribution in [0.4, 0.5) is 5.82 Å². The number of hydrogen-bond acceptors (Lipinski definition) is 4. The third-order valence-corrected chi connectivity index (χ3v) is 2.64. The Labute approximate surface area is 93.2 Å². The predicted octanol–water partition coefficient (Wildman–Crippen LogP) is -0.244. The van der Waals surface area contributed by atoms with Crippen LogP contribution in [0.5, 0.6) is 0 Å². The summed E-state index contributed by atoms with van der Waals surface area (Å²) in [5.41, 5.74) is 6.48. The Morgan fingerprint density at radius 2 is 2.44 bits per heavy atom. The molecule has 1 aromatic rings. The average molecular weight is 219 g/mol. The van der Waals surface area contributed by atoms with Gasteiger partial charge in [0.15, 0.2) is 0 Å². The van der Waals surface area contributed by atoms with E-state index in [1.165, 1.54) is 4.68 Å². The van der Waals surface area contributed by atoms with Gasteiger partial charge in [0.25, 0.3) is 0 Å². The maximum atomic E-state index is 11.7. The molecule has 0 atom stereocenters. The maximum Gasteiger partial charge on any atom is 0.244 e. The Kier molecular flexibility index (Phi) is 2.52. The highest BCUT2D eigenvalue weighted by Crippen LogP contribution is 2.15. The minimum atomic E-state index is -0.0405. The van der Waals surface area contributed by atoms with E-state index in [1.54, 1.807) is 11.0 Å². The van der Waals surface area contributed by atoms with Crippen molar-refractivity contribution in [2.75, 3.05) is 18.8 Å². The topological polar surface area (TPSA) is 87.9 Å². The fraction of sp³-hybridized carbons (Fsp3) is 0.500. The van der Waals surface area contributed by atoms with Gasteiger partial charge < -0.3 is 10.6 Å². The van der Waals surface area contributed by atoms with Gasteiger partial charge in [0.1, 0.15) is 12.4 Å². The number of carbonyl (C=O) groups is 1. The van der Waals surface area contributed by atoms with Crippen molar-refractivity contribution in [3.63, 3.8) is 0 Å². The summed E-state index contributed by atoms with van der Waals surface area (Å²) in [7, 11) is 0. The van der Waals surface area contributed by atoms with E-state index >= 15 is 0 Å². The molecule has 84 valence electrons. The van der Waals surface area contributed by atoms with E-state index in [4.69, 9.17) is 11.0 Å². The molecule has 2 heterocycles. The highest BCUT2D eigenvalue weighted by atomic mass is 16.2. The van der Waals surface area contributed by atoms with E-state index in [0.29, 0.717) is 18.9 Å². The lowest BCUT2D eigenvalue weighted by molar-refractivity contribution is -0.137. The number of nitriles is 1. The number of hydrogen-bond donors (Lipinski definition) is 1. The molecule has 1 amide bonds. The van der Waals surface area contributed by atoms with Crippen LogP contribution in [0, 0.1) is 24.2 Å². The van der Waals surface area contributed by atoms with Crippen LogP contribution in [0.2, 0.25) is 0 Å². The molecule has 2 rings (SSSR count). The van der Waals surface area contributed by atoms with E-state index in [9.17, 15) is 4.79 Å². The van der Waals surface area contributed by atoms with Crippen LogP contribution in [0.15, 0.2) is 6.07 Å². The van der Waals surface area contributed by atoms with Gasteiger partial charge in [0.2, 0.25) is 5.91 Å². The molecule has 0 bridgehead atoms. The quantitative estimate of drug-likeness (QED) is 0.743. The van der Waals surface area contributed by atoms with E-state index in [1.807, 2.05) is 6.92 Å². The van der Waals surface area contributed by atoms with Crippen LogP contribution >= 0.6 is 0 Å². The summed E-state index contributed by atoms with van der Waals surface area (Å²) in [6.07, 6.45) is 0. The van der Waals surface area contributed by atoms with Gasteiger partial charge in [0.05, 0.1) is 17.7 Å². The van der Waals surface area contributed by atoms with Crippen LogP contribution in [-0.2, 0) is 11.3 Å². The number of anilines is 1. The summed E-state index contributed by atoms with van der Waals surface area (Å²) in [5.74, 6) is 0.435. The number of carbonyl (C=O) groups excluding carboxylic acids is 1. The monoisotopic (exact) mass is 219 g/mol. The number of aryl methyl sites for hydroxylation is 1. The lowest BCUT2D eigenvalue weighted by atomic mass is 10.0. The zero-order valence-electron chi connectivity index (χ0n) is 9.05. The molecule has 1 saturated heterocycles. The predicted molar refractivity (Wildman–Crippen MR) is 57.1 cm³/mol. The largest absolute Gasteiger partial charge is 0.384 e. The highest BCUT2D eigenvalue weighted by Gasteiger charge is 2.30. The summed E-state index contributed by atoms with van der Waals surface area (Å²) in [6, 6.07) is 3.85. The van der Waals surface area contributed by atoms with Gasteiger partial charge in [-0.15, -0.1) is 0 Å². The fourth-order valence-electron chi connectivity index (χ4n) is 1.68. The summed E-state index contributed by atoms with van der Waals surface area (Å²) in [4.78, 5) is 13.4. The van der Waals surface area contributed by atoms with Crippen molar-refractivity contribution in [1.82, 2.24) is 14.7 Å². The zero-order valence-corrected chi connectivity index (χ0v) is 9.05. The molecule has 0 aromatic carbocycles. The fourth-order valence-corrected chi connectivity index (χ4v) is 1.68. The first-order valence-electron chi connectivity index (χ1n) is 5.07. The van der Waals surface area contributed by atoms with Crippen molar-refractivity contribution in [3.05, 3.63) is 11.8 Å². The maximum absolute atomic E-state index is 11.7. The van der Waals surface area contributed by atoms with E-state index in [-0.39, 0.29) is 18.4 Å². The Hall–Kier alpha value is -2.03. The Morgan fingerprint density at radius 3 is 2.94 bits per heavy atom. The highest BCUT2D eigenvalue weighted by molar-refractivity contribution is 5.77. The van der Waals surface area contributed by atoms with Crippen molar-refractivity contribution >= 4 is 11.7 Å². The molecule has 0 aliphatic carbocycles. The molecule has 0 unspecified atom stereocenters. The molecule has 0 spiro atoms. The van der Waals surface area contributed by atoms with E-state index < -0.39 is 0 Å². The van der Waals surface area contributed by atoms with Crippen LogP contribution in [-0.4, -0.2) is 33.7 Å². The van der Waals surface area contributed by atoms with Gasteiger partial charge >= 0.3 is 0 Å². The van der Waals surface area contributed by atoms with Crippen molar-refractivity contribution in [2.24, 2.45) is 5.92 Å². The lowest BCUT2D eigenvalue weighted by Crippen LogP contribution is -2.50. The van der Waals surface area contributed by atoms with E-state index in [2.05, 4.69) is 11.2 Å². The molecule has 6 nitrogen and oxygen atoms in total. The standard InChI is InChI=1S/C10H13N5O/c1-7-2-9(12)15(13-7)6-10(16)14-4-8(3-11)5-14/h2,8H,4-6,12H2,1H3. The number of nitrogens with zero attached hydrogens (tertiary/aromatic N) is 4. The van der Waals surface area contributed by atoms with Gasteiger partial charge in [-0.2, -0.15) is 10.4 Å². The van der Waals surface area contributed by atoms with Gasteiger partial charge in [-0.05, 0) is 6.92 Å². The normalized spacial score (nSPS) is 15.6. The molecule has 1 fully saturated rings. The first kappa shape index (κ1) is 10.5. The molecule has 2 N–H and O–H groups in total. The molecule has 16 heavy (non-hydrogen) atoms. The molecule has 0 saturated carbocycles. The Balaban J connectivity index is 1.94.